The molecule has 1 saturated heterocycles. The Labute approximate surface area is 173 Å². The molecule has 28 heavy (non-hydrogen) atoms. The number of rotatable bonds is 4. The van der Waals surface area contributed by atoms with E-state index >= 15 is 0 Å². The van der Waals surface area contributed by atoms with Crippen molar-refractivity contribution in [2.75, 3.05) is 6.54 Å². The van der Waals surface area contributed by atoms with Gasteiger partial charge in [-0.15, -0.1) is 11.6 Å². The van der Waals surface area contributed by atoms with Crippen molar-refractivity contribution >= 4 is 29.1 Å². The Morgan fingerprint density at radius 2 is 1.96 bits per heavy atom. The molecule has 0 aliphatic carbocycles. The van der Waals surface area contributed by atoms with Crippen molar-refractivity contribution in [3.63, 3.8) is 0 Å². The Balaban J connectivity index is 1.58. The molecule has 2 heterocycles. The number of likely N-dealkylation sites (tertiary alicyclic amines) is 1. The van der Waals surface area contributed by atoms with Crippen LogP contribution in [0.2, 0.25) is 5.02 Å². The van der Waals surface area contributed by atoms with Gasteiger partial charge in [-0.25, -0.2) is 0 Å². The number of hydrogen-bond donors (Lipinski definition) is 0. The van der Waals surface area contributed by atoms with Crippen molar-refractivity contribution < 1.29 is 9.32 Å². The van der Waals surface area contributed by atoms with Crippen LogP contribution < -0.4 is 0 Å². The van der Waals surface area contributed by atoms with Crippen LogP contribution in [0.25, 0.3) is 11.4 Å². The van der Waals surface area contributed by atoms with Crippen molar-refractivity contribution in [3.05, 3.63) is 71.1 Å². The van der Waals surface area contributed by atoms with Crippen LogP contribution in [-0.4, -0.2) is 27.5 Å². The fourth-order valence-electron chi connectivity index (χ4n) is 3.48. The Morgan fingerprint density at radius 1 is 1.14 bits per heavy atom. The summed E-state index contributed by atoms with van der Waals surface area (Å²) in [5.41, 5.74) is 1.55. The normalized spacial score (nSPS) is 18.1. The Bertz CT molecular complexity index is 961. The van der Waals surface area contributed by atoms with E-state index < -0.39 is 5.38 Å². The molecule has 0 N–H and O–H groups in total. The molecule has 4 rings (SSSR count). The lowest BCUT2D eigenvalue weighted by Crippen LogP contribution is -2.40. The highest BCUT2D eigenvalue weighted by Gasteiger charge is 2.35. The van der Waals surface area contributed by atoms with Crippen molar-refractivity contribution in [2.24, 2.45) is 0 Å². The number of carbonyl (C=O) groups is 1. The molecule has 144 valence electrons. The first-order valence-electron chi connectivity index (χ1n) is 9.22. The first-order chi connectivity index (χ1) is 13.6. The zero-order valence-electron chi connectivity index (χ0n) is 15.1. The molecular formula is C21H19Cl2N3O2. The topological polar surface area (TPSA) is 59.2 Å². The van der Waals surface area contributed by atoms with Crippen LogP contribution in [0.3, 0.4) is 0 Å². The van der Waals surface area contributed by atoms with Gasteiger partial charge in [0.1, 0.15) is 11.4 Å². The van der Waals surface area contributed by atoms with Gasteiger partial charge in [0.25, 0.3) is 0 Å². The highest BCUT2D eigenvalue weighted by atomic mass is 35.5. The lowest BCUT2D eigenvalue weighted by Gasteiger charge is -2.34. The minimum atomic E-state index is -0.739. The van der Waals surface area contributed by atoms with Gasteiger partial charge >= 0.3 is 0 Å². The van der Waals surface area contributed by atoms with Gasteiger partial charge in [0.15, 0.2) is 0 Å². The number of carbonyl (C=O) groups excluding carboxylic acids is 1. The molecule has 1 aromatic heterocycles. The zero-order valence-corrected chi connectivity index (χ0v) is 16.6. The average molecular weight is 416 g/mol. The third-order valence-corrected chi connectivity index (χ3v) is 5.58. The van der Waals surface area contributed by atoms with E-state index in [0.717, 1.165) is 30.4 Å². The minimum absolute atomic E-state index is 0.139. The van der Waals surface area contributed by atoms with Crippen LogP contribution in [-0.2, 0) is 4.79 Å². The molecule has 5 nitrogen and oxygen atoms in total. The second-order valence-corrected chi connectivity index (χ2v) is 7.66. The minimum Gasteiger partial charge on any atom is -0.337 e. The van der Waals surface area contributed by atoms with Crippen LogP contribution >= 0.6 is 23.2 Å². The predicted molar refractivity (Wildman–Crippen MR) is 108 cm³/mol. The van der Waals surface area contributed by atoms with Gasteiger partial charge in [0.2, 0.25) is 17.6 Å². The maximum absolute atomic E-state index is 13.1. The van der Waals surface area contributed by atoms with Crippen molar-refractivity contribution in [2.45, 2.75) is 30.7 Å². The van der Waals surface area contributed by atoms with E-state index in [1.54, 1.807) is 17.0 Å². The van der Waals surface area contributed by atoms with Crippen LogP contribution in [0.15, 0.2) is 59.1 Å². The first-order valence-corrected chi connectivity index (χ1v) is 10.0. The summed E-state index contributed by atoms with van der Waals surface area (Å²) in [7, 11) is 0. The van der Waals surface area contributed by atoms with Gasteiger partial charge in [0.05, 0.1) is 0 Å². The zero-order chi connectivity index (χ0) is 19.5. The molecule has 3 aromatic rings. The van der Waals surface area contributed by atoms with E-state index in [9.17, 15) is 4.79 Å². The maximum atomic E-state index is 13.1. The molecule has 1 aliphatic rings. The van der Waals surface area contributed by atoms with Crippen LogP contribution in [0, 0.1) is 0 Å². The van der Waals surface area contributed by atoms with E-state index in [4.69, 9.17) is 27.7 Å². The van der Waals surface area contributed by atoms with E-state index in [0.29, 0.717) is 23.3 Å². The summed E-state index contributed by atoms with van der Waals surface area (Å²) >= 11 is 12.5. The molecule has 0 unspecified atom stereocenters. The quantitative estimate of drug-likeness (QED) is 0.533. The summed E-state index contributed by atoms with van der Waals surface area (Å²) in [6, 6.07) is 16.4. The molecule has 0 saturated carbocycles. The van der Waals surface area contributed by atoms with Crippen molar-refractivity contribution in [1.82, 2.24) is 15.0 Å². The van der Waals surface area contributed by atoms with Crippen molar-refractivity contribution in [3.8, 4) is 11.4 Å². The highest BCUT2D eigenvalue weighted by Crippen LogP contribution is 2.35. The highest BCUT2D eigenvalue weighted by molar-refractivity contribution is 6.31. The average Bonchev–Trinajstić information content (AvgIpc) is 3.23. The lowest BCUT2D eigenvalue weighted by atomic mass is 10.0. The van der Waals surface area contributed by atoms with Crippen LogP contribution in [0.4, 0.5) is 0 Å². The van der Waals surface area contributed by atoms with Crippen LogP contribution in [0.1, 0.15) is 42.1 Å². The number of halogens is 2. The Hall–Kier alpha value is -2.37. The molecule has 1 aliphatic heterocycles. The molecule has 1 amide bonds. The second-order valence-electron chi connectivity index (χ2n) is 6.78. The summed E-state index contributed by atoms with van der Waals surface area (Å²) in [6.07, 6.45) is 2.68. The van der Waals surface area contributed by atoms with Crippen molar-refractivity contribution in [1.29, 1.82) is 0 Å². The van der Waals surface area contributed by atoms with E-state index in [1.807, 2.05) is 42.5 Å². The summed E-state index contributed by atoms with van der Waals surface area (Å²) < 4.78 is 5.52. The number of piperidine rings is 1. The van der Waals surface area contributed by atoms with E-state index in [-0.39, 0.29) is 11.9 Å². The van der Waals surface area contributed by atoms with Gasteiger partial charge < -0.3 is 9.42 Å². The standard InChI is InChI=1S/C21H19Cl2N3O2/c22-16-10-6-9-15(13-16)19-24-20(28-25-19)17-11-4-5-12-26(17)21(27)18(23)14-7-2-1-3-8-14/h1-3,6-10,13,17-18H,4-5,11-12H2/t17-,18-/m1/s1. The number of aromatic nitrogens is 2. The second kappa shape index (κ2) is 8.33. The molecule has 2 aromatic carbocycles. The first kappa shape index (κ1) is 19.0. The van der Waals surface area contributed by atoms with Gasteiger partial charge in [-0.05, 0) is 37.0 Å². The van der Waals surface area contributed by atoms with E-state index in [2.05, 4.69) is 10.1 Å². The smallest absolute Gasteiger partial charge is 0.249 e. The Morgan fingerprint density at radius 3 is 2.75 bits per heavy atom. The number of alkyl halides is 1. The third kappa shape index (κ3) is 3.91. The number of hydrogen-bond acceptors (Lipinski definition) is 4. The molecule has 0 bridgehead atoms. The van der Waals surface area contributed by atoms with Gasteiger partial charge in [-0.1, -0.05) is 59.2 Å². The van der Waals surface area contributed by atoms with Gasteiger partial charge in [-0.3, -0.25) is 4.79 Å². The number of amides is 1. The van der Waals surface area contributed by atoms with Gasteiger partial charge in [0, 0.05) is 17.1 Å². The summed E-state index contributed by atoms with van der Waals surface area (Å²) in [5, 5.41) is 3.95. The van der Waals surface area contributed by atoms with Gasteiger partial charge in [-0.2, -0.15) is 4.98 Å². The molecular weight excluding hydrogens is 397 g/mol. The predicted octanol–water partition coefficient (Wildman–Crippen LogP) is 5.42. The van der Waals surface area contributed by atoms with E-state index in [1.165, 1.54) is 0 Å². The molecule has 2 atom stereocenters. The molecule has 1 fully saturated rings. The lowest BCUT2D eigenvalue weighted by molar-refractivity contribution is -0.135. The fraction of sp³-hybridized carbons (Fsp3) is 0.286. The SMILES string of the molecule is O=C([C@H](Cl)c1ccccc1)N1CCCC[C@@H]1c1nc(-c2cccc(Cl)c2)no1. The third-order valence-electron chi connectivity index (χ3n) is 4.90. The van der Waals surface area contributed by atoms with Crippen LogP contribution in [0.5, 0.6) is 0 Å². The summed E-state index contributed by atoms with van der Waals surface area (Å²) in [5.74, 6) is 0.751. The molecule has 0 radical (unpaired) electrons. The largest absolute Gasteiger partial charge is 0.337 e. The molecule has 0 spiro atoms. The maximum Gasteiger partial charge on any atom is 0.249 e. The Kier molecular flexibility index (Phi) is 5.64. The molecule has 7 heteroatoms. The summed E-state index contributed by atoms with van der Waals surface area (Å²) in [4.78, 5) is 19.4. The summed E-state index contributed by atoms with van der Waals surface area (Å²) in [6.45, 7) is 0.619. The fourth-order valence-corrected chi connectivity index (χ4v) is 3.94. The number of nitrogens with zero attached hydrogens (tertiary/aromatic N) is 3. The monoisotopic (exact) mass is 415 g/mol. The number of benzene rings is 2.